The average molecular weight is 196 g/mol. The second kappa shape index (κ2) is 5.00. The van der Waals surface area contributed by atoms with Crippen molar-refractivity contribution in [2.24, 2.45) is 0 Å². The molecule has 0 saturated carbocycles. The van der Waals surface area contributed by atoms with Crippen LogP contribution >= 0.6 is 8.03 Å². The van der Waals surface area contributed by atoms with Crippen molar-refractivity contribution in [3.8, 4) is 0 Å². The van der Waals surface area contributed by atoms with E-state index in [2.05, 4.69) is 6.58 Å². The van der Waals surface area contributed by atoms with Crippen molar-refractivity contribution < 1.29 is 9.09 Å². The molecule has 1 rings (SSSR count). The second-order valence-electron chi connectivity index (χ2n) is 2.68. The van der Waals surface area contributed by atoms with Gasteiger partial charge in [0.1, 0.15) is 0 Å². The van der Waals surface area contributed by atoms with E-state index in [0.717, 1.165) is 11.7 Å². The van der Waals surface area contributed by atoms with Gasteiger partial charge in [0, 0.05) is 12.4 Å². The molecular formula is C10H13O2P. The summed E-state index contributed by atoms with van der Waals surface area (Å²) in [5.41, 5.74) is 1.17. The maximum atomic E-state index is 11.2. The molecule has 0 aromatic heterocycles. The van der Waals surface area contributed by atoms with E-state index < -0.39 is 8.03 Å². The van der Waals surface area contributed by atoms with Gasteiger partial charge in [0.05, 0.1) is 0 Å². The zero-order valence-corrected chi connectivity index (χ0v) is 8.62. The molecule has 0 spiro atoms. The maximum absolute atomic E-state index is 11.2. The zero-order valence-electron chi connectivity index (χ0n) is 7.62. The lowest BCUT2D eigenvalue weighted by atomic mass is 10.2. The van der Waals surface area contributed by atoms with Crippen LogP contribution in [0.25, 0.3) is 0 Å². The van der Waals surface area contributed by atoms with Crippen LogP contribution in [0.2, 0.25) is 0 Å². The van der Waals surface area contributed by atoms with E-state index in [4.69, 9.17) is 4.52 Å². The minimum Gasteiger partial charge on any atom is -0.331 e. The molecule has 3 heteroatoms. The van der Waals surface area contributed by atoms with Crippen LogP contribution in [0.3, 0.4) is 0 Å². The average Bonchev–Trinajstić information content (AvgIpc) is 2.18. The lowest BCUT2D eigenvalue weighted by Crippen LogP contribution is -1.96. The minimum absolute atomic E-state index is 0.764. The molecule has 2 nitrogen and oxygen atoms in total. The van der Waals surface area contributed by atoms with Crippen molar-refractivity contribution in [2.75, 3.05) is 7.11 Å². The van der Waals surface area contributed by atoms with Crippen molar-refractivity contribution >= 4 is 13.3 Å². The molecule has 0 aliphatic carbocycles. The zero-order chi connectivity index (χ0) is 9.68. The Morgan fingerprint density at radius 1 is 1.46 bits per heavy atom. The molecule has 13 heavy (non-hydrogen) atoms. The third-order valence-electron chi connectivity index (χ3n) is 1.76. The summed E-state index contributed by atoms with van der Waals surface area (Å²) >= 11 is 0. The van der Waals surface area contributed by atoms with E-state index in [-0.39, 0.29) is 0 Å². The predicted octanol–water partition coefficient (Wildman–Crippen LogP) is 2.16. The molecule has 0 bridgehead atoms. The predicted molar refractivity (Wildman–Crippen MR) is 56.0 cm³/mol. The number of allylic oxidation sites excluding steroid dienone is 1. The second-order valence-corrected chi connectivity index (χ2v) is 4.24. The highest BCUT2D eigenvalue weighted by Crippen LogP contribution is 2.19. The summed E-state index contributed by atoms with van der Waals surface area (Å²) in [6.45, 7) is 3.65. The third-order valence-corrected chi connectivity index (χ3v) is 2.93. The highest BCUT2D eigenvalue weighted by Gasteiger charge is 2.00. The monoisotopic (exact) mass is 196 g/mol. The Labute approximate surface area is 79.1 Å². The molecule has 0 saturated heterocycles. The van der Waals surface area contributed by atoms with Gasteiger partial charge in [-0.2, -0.15) is 0 Å². The fourth-order valence-electron chi connectivity index (χ4n) is 1.06. The van der Waals surface area contributed by atoms with Crippen molar-refractivity contribution in [1.82, 2.24) is 0 Å². The van der Waals surface area contributed by atoms with Gasteiger partial charge in [-0.05, 0) is 24.1 Å². The lowest BCUT2D eigenvalue weighted by Gasteiger charge is -2.00. The molecule has 0 fully saturated rings. The summed E-state index contributed by atoms with van der Waals surface area (Å²) < 4.78 is 16.0. The normalized spacial score (nSPS) is 12.4. The van der Waals surface area contributed by atoms with Crippen molar-refractivity contribution in [1.29, 1.82) is 0 Å². The van der Waals surface area contributed by atoms with E-state index in [1.165, 1.54) is 12.7 Å². The van der Waals surface area contributed by atoms with Crippen LogP contribution in [-0.2, 0) is 15.5 Å². The van der Waals surface area contributed by atoms with Gasteiger partial charge in [-0.15, -0.1) is 6.58 Å². The number of hydrogen-bond donors (Lipinski definition) is 0. The van der Waals surface area contributed by atoms with Crippen LogP contribution in [0.15, 0.2) is 36.9 Å². The Morgan fingerprint density at radius 3 is 2.54 bits per heavy atom. The molecule has 0 aliphatic heterocycles. The molecule has 0 radical (unpaired) electrons. The third kappa shape index (κ3) is 2.83. The van der Waals surface area contributed by atoms with Gasteiger partial charge in [-0.25, -0.2) is 0 Å². The summed E-state index contributed by atoms with van der Waals surface area (Å²) in [7, 11) is -0.556. The molecule has 0 heterocycles. The van der Waals surface area contributed by atoms with E-state index in [9.17, 15) is 4.57 Å². The summed E-state index contributed by atoms with van der Waals surface area (Å²) in [6, 6.07) is 7.56. The molecule has 70 valence electrons. The van der Waals surface area contributed by atoms with E-state index in [1.54, 1.807) is 0 Å². The van der Waals surface area contributed by atoms with Crippen molar-refractivity contribution in [3.63, 3.8) is 0 Å². The highest BCUT2D eigenvalue weighted by atomic mass is 31.1. The molecule has 1 aromatic carbocycles. The highest BCUT2D eigenvalue weighted by molar-refractivity contribution is 7.48. The Hall–Kier alpha value is -0.850. The van der Waals surface area contributed by atoms with Crippen LogP contribution < -0.4 is 5.30 Å². The van der Waals surface area contributed by atoms with E-state index >= 15 is 0 Å². The molecule has 1 aromatic rings. The molecule has 0 N–H and O–H groups in total. The Balaban J connectivity index is 2.80. The number of benzene rings is 1. The Bertz CT molecular complexity index is 303. The van der Waals surface area contributed by atoms with Crippen LogP contribution in [0.4, 0.5) is 0 Å². The van der Waals surface area contributed by atoms with Gasteiger partial charge in [0.25, 0.3) is 0 Å². The minimum atomic E-state index is -2.01. The van der Waals surface area contributed by atoms with E-state index in [1.807, 2.05) is 30.3 Å². The van der Waals surface area contributed by atoms with Crippen LogP contribution in [-0.4, -0.2) is 7.11 Å². The van der Waals surface area contributed by atoms with Gasteiger partial charge in [0.15, 0.2) is 0 Å². The standard InChI is InChI=1S/C10H13O2P/c1-3-4-9-5-7-10(8-6-9)13(11)12-2/h3,5-8,13H,1,4H2,2H3. The lowest BCUT2D eigenvalue weighted by molar-refractivity contribution is 0.423. The van der Waals surface area contributed by atoms with Crippen molar-refractivity contribution in [2.45, 2.75) is 6.42 Å². The summed E-state index contributed by atoms with van der Waals surface area (Å²) in [5, 5.41) is 0.764. The number of rotatable bonds is 4. The molecule has 1 atom stereocenters. The van der Waals surface area contributed by atoms with Crippen LogP contribution in [0.5, 0.6) is 0 Å². The quantitative estimate of drug-likeness (QED) is 0.545. The smallest absolute Gasteiger partial charge is 0.220 e. The topological polar surface area (TPSA) is 26.3 Å². The number of hydrogen-bond acceptors (Lipinski definition) is 2. The fraction of sp³-hybridized carbons (Fsp3) is 0.200. The van der Waals surface area contributed by atoms with Gasteiger partial charge >= 0.3 is 0 Å². The first kappa shape index (κ1) is 10.2. The Kier molecular flexibility index (Phi) is 3.94. The van der Waals surface area contributed by atoms with Gasteiger partial charge in [-0.1, -0.05) is 18.2 Å². The van der Waals surface area contributed by atoms with Gasteiger partial charge in [0.2, 0.25) is 8.03 Å². The molecular weight excluding hydrogens is 183 g/mol. The van der Waals surface area contributed by atoms with E-state index in [0.29, 0.717) is 0 Å². The van der Waals surface area contributed by atoms with Crippen LogP contribution in [0.1, 0.15) is 5.56 Å². The summed E-state index contributed by atoms with van der Waals surface area (Å²) in [5.74, 6) is 0. The molecule has 0 amide bonds. The fourth-order valence-corrected chi connectivity index (χ4v) is 1.74. The molecule has 0 aliphatic rings. The first-order valence-electron chi connectivity index (χ1n) is 4.06. The molecule has 1 unspecified atom stereocenters. The Morgan fingerprint density at radius 2 is 2.08 bits per heavy atom. The van der Waals surface area contributed by atoms with Gasteiger partial charge in [-0.3, -0.25) is 4.57 Å². The first-order valence-corrected chi connectivity index (χ1v) is 5.37. The van der Waals surface area contributed by atoms with Gasteiger partial charge < -0.3 is 4.52 Å². The first-order chi connectivity index (χ1) is 6.27. The SMILES string of the molecule is C=CCc1ccc([PH](=O)OC)cc1. The van der Waals surface area contributed by atoms with Crippen LogP contribution in [0, 0.1) is 0 Å². The van der Waals surface area contributed by atoms with Crippen molar-refractivity contribution in [3.05, 3.63) is 42.5 Å². The largest absolute Gasteiger partial charge is 0.331 e. The summed E-state index contributed by atoms with van der Waals surface area (Å²) in [6.07, 6.45) is 2.68. The summed E-state index contributed by atoms with van der Waals surface area (Å²) in [4.78, 5) is 0. The maximum Gasteiger partial charge on any atom is 0.220 e.